The number of hydrogen-bond acceptors (Lipinski definition) is 2. The third-order valence-electron chi connectivity index (χ3n) is 3.19. The van der Waals surface area contributed by atoms with E-state index >= 15 is 0 Å². The summed E-state index contributed by atoms with van der Waals surface area (Å²) in [5.41, 5.74) is 6.42. The van der Waals surface area contributed by atoms with Gasteiger partial charge in [0.2, 0.25) is 0 Å². The van der Waals surface area contributed by atoms with Crippen LogP contribution in [-0.4, -0.2) is 16.0 Å². The molecule has 0 radical (unpaired) electrons. The smallest absolute Gasteiger partial charge is 0.342 e. The topological polar surface area (TPSA) is 54.7 Å². The monoisotopic (exact) mass is 299 g/mol. The molecule has 2 rings (SSSR count). The van der Waals surface area contributed by atoms with Crippen LogP contribution in [0.15, 0.2) is 18.2 Å². The number of aromatic nitrogens is 2. The van der Waals surface area contributed by atoms with Crippen molar-refractivity contribution in [2.45, 2.75) is 45.8 Å². The van der Waals surface area contributed by atoms with E-state index in [1.165, 1.54) is 6.07 Å². The molecule has 0 amide bonds. The fourth-order valence-corrected chi connectivity index (χ4v) is 2.44. The summed E-state index contributed by atoms with van der Waals surface area (Å²) in [6, 6.07) is 3.43. The summed E-state index contributed by atoms with van der Waals surface area (Å²) in [6.07, 6.45) is -3.01. The summed E-state index contributed by atoms with van der Waals surface area (Å²) in [5.74, 6) is 0.626. The van der Waals surface area contributed by atoms with E-state index in [-0.39, 0.29) is 11.5 Å². The molecule has 0 bridgehead atoms. The van der Waals surface area contributed by atoms with Crippen molar-refractivity contribution in [2.75, 3.05) is 0 Å². The molecular weight excluding hydrogens is 279 g/mol. The zero-order valence-corrected chi connectivity index (χ0v) is 12.4. The Morgan fingerprint density at radius 1 is 1.24 bits per heavy atom. The summed E-state index contributed by atoms with van der Waals surface area (Å²) < 4.78 is 38.0. The molecule has 3 nitrogen and oxygen atoms in total. The van der Waals surface area contributed by atoms with Crippen molar-refractivity contribution in [1.82, 2.24) is 9.97 Å². The predicted octanol–water partition coefficient (Wildman–Crippen LogP) is 3.89. The largest absolute Gasteiger partial charge is 0.416 e. The Balaban J connectivity index is 2.19. The summed E-state index contributed by atoms with van der Waals surface area (Å²) in [4.78, 5) is 7.24. The maximum absolute atomic E-state index is 12.7. The Labute approximate surface area is 121 Å². The second-order valence-corrected chi connectivity index (χ2v) is 6.64. The van der Waals surface area contributed by atoms with Crippen molar-refractivity contribution >= 4 is 11.0 Å². The van der Waals surface area contributed by atoms with E-state index in [9.17, 15) is 13.2 Å². The van der Waals surface area contributed by atoms with Gasteiger partial charge in [-0.1, -0.05) is 20.8 Å². The Morgan fingerprint density at radius 3 is 2.48 bits per heavy atom. The van der Waals surface area contributed by atoms with Gasteiger partial charge in [-0.2, -0.15) is 13.2 Å². The van der Waals surface area contributed by atoms with E-state index in [4.69, 9.17) is 5.73 Å². The Hall–Kier alpha value is -1.56. The van der Waals surface area contributed by atoms with E-state index in [0.29, 0.717) is 23.3 Å². The van der Waals surface area contributed by atoms with Gasteiger partial charge in [-0.05, 0) is 30.0 Å². The standard InChI is InChI=1S/C15H20F3N3/c1-14(2,3)8-10(19)7-13-20-11-5-4-9(15(16,17)18)6-12(11)21-13/h4-6,10H,7-8,19H2,1-3H3,(H,20,21). The highest BCUT2D eigenvalue weighted by molar-refractivity contribution is 5.76. The average molecular weight is 299 g/mol. The van der Waals surface area contributed by atoms with Gasteiger partial charge in [0.15, 0.2) is 0 Å². The van der Waals surface area contributed by atoms with Crippen LogP contribution in [0, 0.1) is 5.41 Å². The van der Waals surface area contributed by atoms with Gasteiger partial charge in [0.05, 0.1) is 16.6 Å². The van der Waals surface area contributed by atoms with Gasteiger partial charge < -0.3 is 10.7 Å². The number of aromatic amines is 1. The molecule has 1 aromatic heterocycles. The first-order chi connectivity index (χ1) is 9.54. The number of halogens is 3. The lowest BCUT2D eigenvalue weighted by Gasteiger charge is -2.22. The Morgan fingerprint density at radius 2 is 1.90 bits per heavy atom. The highest BCUT2D eigenvalue weighted by Crippen LogP contribution is 2.31. The van der Waals surface area contributed by atoms with Crippen molar-refractivity contribution in [3.63, 3.8) is 0 Å². The van der Waals surface area contributed by atoms with E-state index in [1.807, 2.05) is 0 Å². The molecule has 2 aromatic rings. The minimum absolute atomic E-state index is 0.0763. The normalized spacial score (nSPS) is 14.6. The zero-order valence-electron chi connectivity index (χ0n) is 12.4. The van der Waals surface area contributed by atoms with Gasteiger partial charge in [-0.25, -0.2) is 4.98 Å². The predicted molar refractivity (Wildman–Crippen MR) is 76.8 cm³/mol. The molecule has 0 spiro atoms. The summed E-state index contributed by atoms with van der Waals surface area (Å²) in [6.45, 7) is 6.29. The summed E-state index contributed by atoms with van der Waals surface area (Å²) in [7, 11) is 0. The van der Waals surface area contributed by atoms with Gasteiger partial charge in [-0.15, -0.1) is 0 Å². The Bertz CT molecular complexity index is 623. The van der Waals surface area contributed by atoms with Gasteiger partial charge in [0, 0.05) is 12.5 Å². The average Bonchev–Trinajstić information content (AvgIpc) is 2.65. The van der Waals surface area contributed by atoms with Crippen LogP contribution in [0.2, 0.25) is 0 Å². The number of hydrogen-bond donors (Lipinski definition) is 2. The highest BCUT2D eigenvalue weighted by atomic mass is 19.4. The van der Waals surface area contributed by atoms with Crippen LogP contribution in [0.1, 0.15) is 38.6 Å². The third kappa shape index (κ3) is 4.20. The lowest BCUT2D eigenvalue weighted by Crippen LogP contribution is -2.28. The van der Waals surface area contributed by atoms with Crippen LogP contribution in [0.25, 0.3) is 11.0 Å². The summed E-state index contributed by atoms with van der Waals surface area (Å²) in [5, 5.41) is 0. The molecule has 1 aromatic carbocycles. The number of benzene rings is 1. The van der Waals surface area contributed by atoms with Crippen molar-refractivity contribution < 1.29 is 13.2 Å². The minimum Gasteiger partial charge on any atom is -0.342 e. The maximum Gasteiger partial charge on any atom is 0.416 e. The zero-order chi connectivity index (χ0) is 15.8. The van der Waals surface area contributed by atoms with Crippen LogP contribution in [0.5, 0.6) is 0 Å². The van der Waals surface area contributed by atoms with E-state index in [1.54, 1.807) is 0 Å². The molecule has 0 aliphatic carbocycles. The van der Waals surface area contributed by atoms with Crippen LogP contribution < -0.4 is 5.73 Å². The van der Waals surface area contributed by atoms with Crippen molar-refractivity contribution in [2.24, 2.45) is 11.1 Å². The number of rotatable bonds is 3. The molecule has 0 aliphatic rings. The van der Waals surface area contributed by atoms with Gasteiger partial charge >= 0.3 is 6.18 Å². The molecule has 1 heterocycles. The highest BCUT2D eigenvalue weighted by Gasteiger charge is 2.30. The second-order valence-electron chi connectivity index (χ2n) is 6.64. The van der Waals surface area contributed by atoms with Crippen molar-refractivity contribution in [1.29, 1.82) is 0 Å². The second kappa shape index (κ2) is 5.33. The third-order valence-corrected chi connectivity index (χ3v) is 3.19. The number of fused-ring (bicyclic) bond motifs is 1. The SMILES string of the molecule is CC(C)(C)CC(N)Cc1nc2ccc(C(F)(F)F)cc2[nH]1. The number of imidazole rings is 1. The van der Waals surface area contributed by atoms with Crippen molar-refractivity contribution in [3.8, 4) is 0 Å². The molecule has 3 N–H and O–H groups in total. The number of nitrogens with one attached hydrogen (secondary N) is 1. The van der Waals surface area contributed by atoms with Gasteiger partial charge in [-0.3, -0.25) is 0 Å². The summed E-state index contributed by atoms with van der Waals surface area (Å²) >= 11 is 0. The fraction of sp³-hybridized carbons (Fsp3) is 0.533. The first-order valence-electron chi connectivity index (χ1n) is 6.86. The molecule has 0 saturated heterocycles. The number of alkyl halides is 3. The van der Waals surface area contributed by atoms with Crippen LogP contribution in [0.4, 0.5) is 13.2 Å². The molecule has 0 fully saturated rings. The Kier molecular flexibility index (Phi) is 4.02. The van der Waals surface area contributed by atoms with Crippen LogP contribution >= 0.6 is 0 Å². The van der Waals surface area contributed by atoms with E-state index < -0.39 is 11.7 Å². The number of nitrogens with zero attached hydrogens (tertiary/aromatic N) is 1. The first-order valence-corrected chi connectivity index (χ1v) is 6.86. The minimum atomic E-state index is -4.35. The van der Waals surface area contributed by atoms with Gasteiger partial charge in [0.25, 0.3) is 0 Å². The van der Waals surface area contributed by atoms with Crippen LogP contribution in [0.3, 0.4) is 0 Å². The quantitative estimate of drug-likeness (QED) is 0.903. The molecule has 0 aliphatic heterocycles. The molecule has 116 valence electrons. The maximum atomic E-state index is 12.7. The molecule has 21 heavy (non-hydrogen) atoms. The van der Waals surface area contributed by atoms with E-state index in [2.05, 4.69) is 30.7 Å². The number of H-pyrrole nitrogens is 1. The molecule has 1 unspecified atom stereocenters. The lowest BCUT2D eigenvalue weighted by molar-refractivity contribution is -0.137. The lowest BCUT2D eigenvalue weighted by atomic mass is 9.87. The molecule has 1 atom stereocenters. The van der Waals surface area contributed by atoms with E-state index in [0.717, 1.165) is 18.6 Å². The first kappa shape index (κ1) is 15.8. The van der Waals surface area contributed by atoms with Crippen LogP contribution in [-0.2, 0) is 12.6 Å². The fourth-order valence-electron chi connectivity index (χ4n) is 2.44. The number of nitrogens with two attached hydrogens (primary N) is 1. The molecule has 6 heteroatoms. The van der Waals surface area contributed by atoms with Crippen molar-refractivity contribution in [3.05, 3.63) is 29.6 Å². The molecule has 0 saturated carbocycles. The molecular formula is C15H20F3N3. The van der Waals surface area contributed by atoms with Gasteiger partial charge in [0.1, 0.15) is 5.82 Å².